The van der Waals surface area contributed by atoms with E-state index < -0.39 is 0 Å². The van der Waals surface area contributed by atoms with E-state index in [1.807, 2.05) is 0 Å². The summed E-state index contributed by atoms with van der Waals surface area (Å²) in [5, 5.41) is 3.98. The van der Waals surface area contributed by atoms with Crippen LogP contribution in [-0.2, 0) is 13.0 Å². The predicted molar refractivity (Wildman–Crippen MR) is 72.6 cm³/mol. The highest BCUT2D eigenvalue weighted by atomic mass is 35.5. The van der Waals surface area contributed by atoms with E-state index in [2.05, 4.69) is 22.0 Å². The Labute approximate surface area is 115 Å². The van der Waals surface area contributed by atoms with Crippen LogP contribution in [0.1, 0.15) is 44.3 Å². The van der Waals surface area contributed by atoms with Crippen molar-refractivity contribution in [3.05, 3.63) is 11.7 Å². The van der Waals surface area contributed by atoms with Crippen LogP contribution in [-0.4, -0.2) is 34.2 Å². The molecule has 2 heterocycles. The quantitative estimate of drug-likeness (QED) is 0.886. The van der Waals surface area contributed by atoms with Crippen LogP contribution in [0.4, 0.5) is 0 Å². The fourth-order valence-electron chi connectivity index (χ4n) is 2.39. The van der Waals surface area contributed by atoms with Crippen LogP contribution >= 0.6 is 12.4 Å². The number of hydrogen-bond donors (Lipinski definition) is 1. The van der Waals surface area contributed by atoms with Crippen LogP contribution in [0.15, 0.2) is 4.52 Å². The Morgan fingerprint density at radius 1 is 1.44 bits per heavy atom. The van der Waals surface area contributed by atoms with Gasteiger partial charge in [-0.2, -0.15) is 4.98 Å². The maximum absolute atomic E-state index is 5.79. The van der Waals surface area contributed by atoms with Gasteiger partial charge in [0.1, 0.15) is 0 Å². The fraction of sp³-hybridized carbons (Fsp3) is 0.833. The zero-order valence-corrected chi connectivity index (χ0v) is 11.8. The summed E-state index contributed by atoms with van der Waals surface area (Å²) in [5.41, 5.74) is 5.79. The Balaban J connectivity index is 0.00000162. The normalized spacial score (nSPS) is 20.7. The molecule has 1 atom stereocenters. The van der Waals surface area contributed by atoms with Gasteiger partial charge in [-0.05, 0) is 25.8 Å². The van der Waals surface area contributed by atoms with Crippen molar-refractivity contribution in [2.24, 2.45) is 5.73 Å². The summed E-state index contributed by atoms with van der Waals surface area (Å²) in [5.74, 6) is 1.55. The first-order chi connectivity index (χ1) is 8.33. The van der Waals surface area contributed by atoms with Crippen molar-refractivity contribution in [2.75, 3.05) is 13.1 Å². The van der Waals surface area contributed by atoms with Crippen LogP contribution in [0, 0.1) is 0 Å². The second kappa shape index (κ2) is 7.71. The average molecular weight is 275 g/mol. The van der Waals surface area contributed by atoms with E-state index in [4.69, 9.17) is 10.3 Å². The highest BCUT2D eigenvalue weighted by molar-refractivity contribution is 5.85. The molecule has 104 valence electrons. The van der Waals surface area contributed by atoms with Crippen LogP contribution in [0.5, 0.6) is 0 Å². The number of nitrogens with two attached hydrogens (primary N) is 1. The maximum Gasteiger partial charge on any atom is 0.240 e. The molecule has 0 amide bonds. The van der Waals surface area contributed by atoms with Crippen molar-refractivity contribution in [2.45, 2.75) is 51.6 Å². The summed E-state index contributed by atoms with van der Waals surface area (Å²) < 4.78 is 5.27. The number of rotatable bonds is 5. The van der Waals surface area contributed by atoms with Crippen molar-refractivity contribution >= 4 is 12.4 Å². The van der Waals surface area contributed by atoms with E-state index in [-0.39, 0.29) is 12.4 Å². The summed E-state index contributed by atoms with van der Waals surface area (Å²) in [6.45, 7) is 4.67. The fourth-order valence-corrected chi connectivity index (χ4v) is 2.39. The molecule has 1 fully saturated rings. The molecule has 0 aliphatic carbocycles. The average Bonchev–Trinajstić information content (AvgIpc) is 2.78. The van der Waals surface area contributed by atoms with Crippen LogP contribution in [0.2, 0.25) is 0 Å². The third-order valence-electron chi connectivity index (χ3n) is 3.34. The van der Waals surface area contributed by atoms with Crippen LogP contribution < -0.4 is 5.73 Å². The lowest BCUT2D eigenvalue weighted by Gasteiger charge is -2.33. The molecule has 1 unspecified atom stereocenters. The molecule has 18 heavy (non-hydrogen) atoms. The molecule has 1 saturated heterocycles. The van der Waals surface area contributed by atoms with Crippen LogP contribution in [0.25, 0.3) is 0 Å². The van der Waals surface area contributed by atoms with Crippen molar-refractivity contribution in [1.29, 1.82) is 0 Å². The molecular weight excluding hydrogens is 252 g/mol. The van der Waals surface area contributed by atoms with Crippen molar-refractivity contribution in [3.63, 3.8) is 0 Å². The molecule has 6 heteroatoms. The van der Waals surface area contributed by atoms with E-state index in [0.717, 1.165) is 44.2 Å². The molecule has 0 saturated carbocycles. The summed E-state index contributed by atoms with van der Waals surface area (Å²) in [4.78, 5) is 6.77. The summed E-state index contributed by atoms with van der Waals surface area (Å²) in [6, 6.07) is 0.477. The highest BCUT2D eigenvalue weighted by Crippen LogP contribution is 2.18. The Morgan fingerprint density at radius 2 is 2.28 bits per heavy atom. The minimum Gasteiger partial charge on any atom is -0.338 e. The Bertz CT molecular complexity index is 345. The lowest BCUT2D eigenvalue weighted by atomic mass is 10.0. The Morgan fingerprint density at radius 3 is 3.00 bits per heavy atom. The van der Waals surface area contributed by atoms with Crippen molar-refractivity contribution < 1.29 is 4.52 Å². The highest BCUT2D eigenvalue weighted by Gasteiger charge is 2.22. The third kappa shape index (κ3) is 3.93. The monoisotopic (exact) mass is 274 g/mol. The molecule has 2 N–H and O–H groups in total. The van der Waals surface area contributed by atoms with Gasteiger partial charge in [-0.15, -0.1) is 12.4 Å². The molecule has 1 aromatic rings. The molecular formula is C12H23ClN4O. The van der Waals surface area contributed by atoms with Crippen molar-refractivity contribution in [3.8, 4) is 0 Å². The van der Waals surface area contributed by atoms with Gasteiger partial charge < -0.3 is 10.3 Å². The SMILES string of the molecule is CCCc1noc(CN2CCCCC2CN)n1.Cl. The van der Waals surface area contributed by atoms with Gasteiger partial charge >= 0.3 is 0 Å². The number of halogens is 1. The lowest BCUT2D eigenvalue weighted by Crippen LogP contribution is -2.43. The first kappa shape index (κ1) is 15.4. The smallest absolute Gasteiger partial charge is 0.240 e. The minimum atomic E-state index is 0. The van der Waals surface area contributed by atoms with Gasteiger partial charge in [-0.25, -0.2) is 0 Å². The van der Waals surface area contributed by atoms with Gasteiger partial charge in [0.2, 0.25) is 5.89 Å². The molecule has 0 aromatic carbocycles. The first-order valence-corrected chi connectivity index (χ1v) is 6.59. The molecule has 0 bridgehead atoms. The minimum absolute atomic E-state index is 0. The topological polar surface area (TPSA) is 68.2 Å². The number of aromatic nitrogens is 2. The summed E-state index contributed by atoms with van der Waals surface area (Å²) >= 11 is 0. The van der Waals surface area contributed by atoms with Gasteiger partial charge in [0.25, 0.3) is 0 Å². The summed E-state index contributed by atoms with van der Waals surface area (Å²) in [7, 11) is 0. The first-order valence-electron chi connectivity index (χ1n) is 6.59. The standard InChI is InChI=1S/C12H22N4O.ClH/c1-2-5-11-14-12(17-15-11)9-16-7-4-3-6-10(16)8-13;/h10H,2-9,13H2,1H3;1H. The van der Waals surface area contributed by atoms with E-state index in [1.165, 1.54) is 19.3 Å². The molecule has 0 spiro atoms. The zero-order valence-electron chi connectivity index (χ0n) is 11.0. The van der Waals surface area contributed by atoms with E-state index in [9.17, 15) is 0 Å². The molecule has 0 radical (unpaired) electrons. The molecule has 1 aliphatic heterocycles. The van der Waals surface area contributed by atoms with Crippen molar-refractivity contribution in [1.82, 2.24) is 15.0 Å². The number of piperidine rings is 1. The molecule has 1 aliphatic rings. The lowest BCUT2D eigenvalue weighted by molar-refractivity contribution is 0.128. The van der Waals surface area contributed by atoms with Gasteiger partial charge in [0, 0.05) is 19.0 Å². The van der Waals surface area contributed by atoms with E-state index in [0.29, 0.717) is 6.04 Å². The second-order valence-electron chi connectivity index (χ2n) is 4.71. The number of hydrogen-bond acceptors (Lipinski definition) is 5. The predicted octanol–water partition coefficient (Wildman–Crippen LogP) is 1.76. The third-order valence-corrected chi connectivity index (χ3v) is 3.34. The number of likely N-dealkylation sites (tertiary alicyclic amines) is 1. The van der Waals surface area contributed by atoms with E-state index >= 15 is 0 Å². The second-order valence-corrected chi connectivity index (χ2v) is 4.71. The Kier molecular flexibility index (Phi) is 6.60. The largest absolute Gasteiger partial charge is 0.338 e. The molecule has 2 rings (SSSR count). The molecule has 1 aromatic heterocycles. The van der Waals surface area contributed by atoms with Gasteiger partial charge in [0.15, 0.2) is 5.82 Å². The van der Waals surface area contributed by atoms with E-state index in [1.54, 1.807) is 0 Å². The number of nitrogens with zero attached hydrogens (tertiary/aromatic N) is 3. The maximum atomic E-state index is 5.79. The zero-order chi connectivity index (χ0) is 12.1. The van der Waals surface area contributed by atoms with Gasteiger partial charge in [0.05, 0.1) is 6.54 Å². The summed E-state index contributed by atoms with van der Waals surface area (Å²) in [6.07, 6.45) is 5.65. The Hall–Kier alpha value is -0.650. The van der Waals surface area contributed by atoms with Crippen LogP contribution in [0.3, 0.4) is 0 Å². The molecule has 5 nitrogen and oxygen atoms in total. The van der Waals surface area contributed by atoms with Gasteiger partial charge in [-0.1, -0.05) is 18.5 Å². The number of aryl methyl sites for hydroxylation is 1. The van der Waals surface area contributed by atoms with Gasteiger partial charge in [-0.3, -0.25) is 4.90 Å².